The van der Waals surface area contributed by atoms with Crippen LogP contribution in [0.25, 0.3) is 0 Å². The summed E-state index contributed by atoms with van der Waals surface area (Å²) in [4.78, 5) is 25.9. The second-order valence-electron chi connectivity index (χ2n) is 7.54. The lowest BCUT2D eigenvalue weighted by molar-refractivity contribution is 0.488. The van der Waals surface area contributed by atoms with Gasteiger partial charge in [0.25, 0.3) is 5.56 Å². The molecule has 0 radical (unpaired) electrons. The van der Waals surface area contributed by atoms with E-state index in [0.29, 0.717) is 6.54 Å². The molecule has 0 aliphatic rings. The van der Waals surface area contributed by atoms with Gasteiger partial charge in [0.1, 0.15) is 0 Å². The number of nitrogens with zero attached hydrogens (tertiary/aromatic N) is 2. The molecule has 134 valence electrons. The summed E-state index contributed by atoms with van der Waals surface area (Å²) in [5.74, 6) is 0. The van der Waals surface area contributed by atoms with Crippen molar-refractivity contribution in [2.24, 2.45) is 0 Å². The molecule has 0 unspecified atom stereocenters. The monoisotopic (exact) mass is 348 g/mol. The predicted molar refractivity (Wildman–Crippen MR) is 105 cm³/mol. The van der Waals surface area contributed by atoms with Crippen LogP contribution in [0.1, 0.15) is 37.6 Å². The largest absolute Gasteiger partial charge is 0.331 e. The lowest BCUT2D eigenvalue weighted by Crippen LogP contribution is -2.43. The number of hydrogen-bond acceptors (Lipinski definition) is 2. The summed E-state index contributed by atoms with van der Waals surface area (Å²) >= 11 is 0. The third-order valence-electron chi connectivity index (χ3n) is 4.41. The molecule has 0 amide bonds. The highest BCUT2D eigenvalue weighted by Gasteiger charge is 2.22. The molecule has 1 aromatic heterocycles. The molecule has 4 nitrogen and oxygen atoms in total. The highest BCUT2D eigenvalue weighted by Crippen LogP contribution is 2.20. The molecule has 0 aliphatic carbocycles. The second kappa shape index (κ2) is 7.16. The van der Waals surface area contributed by atoms with Crippen molar-refractivity contribution in [1.29, 1.82) is 0 Å². The molecule has 0 spiro atoms. The summed E-state index contributed by atoms with van der Waals surface area (Å²) in [6.07, 6.45) is 0. The normalized spacial score (nSPS) is 11.5. The average Bonchev–Trinajstić information content (AvgIpc) is 2.62. The van der Waals surface area contributed by atoms with Crippen molar-refractivity contribution in [2.45, 2.75) is 39.3 Å². The van der Waals surface area contributed by atoms with E-state index in [1.165, 1.54) is 4.57 Å². The summed E-state index contributed by atoms with van der Waals surface area (Å²) in [7, 11) is 0. The Hall–Kier alpha value is -2.88. The van der Waals surface area contributed by atoms with Crippen molar-refractivity contribution in [3.8, 4) is 0 Å². The predicted octanol–water partition coefficient (Wildman–Crippen LogP) is 3.40. The van der Waals surface area contributed by atoms with E-state index in [1.54, 1.807) is 10.6 Å². The van der Waals surface area contributed by atoms with Gasteiger partial charge < -0.3 is 0 Å². The lowest BCUT2D eigenvalue weighted by Gasteiger charge is -2.25. The van der Waals surface area contributed by atoms with E-state index in [-0.39, 0.29) is 23.2 Å². The molecule has 0 aliphatic heterocycles. The Balaban J connectivity index is 2.14. The van der Waals surface area contributed by atoms with E-state index in [9.17, 15) is 9.59 Å². The summed E-state index contributed by atoms with van der Waals surface area (Å²) in [5.41, 5.74) is 1.88. The van der Waals surface area contributed by atoms with E-state index >= 15 is 0 Å². The zero-order chi connectivity index (χ0) is 18.7. The van der Waals surface area contributed by atoms with Crippen molar-refractivity contribution in [2.75, 3.05) is 0 Å². The summed E-state index contributed by atoms with van der Waals surface area (Å²) in [6.45, 7) is 6.78. The number of aromatic nitrogens is 2. The maximum Gasteiger partial charge on any atom is 0.331 e. The summed E-state index contributed by atoms with van der Waals surface area (Å²) in [6, 6.07) is 21.0. The smallest absolute Gasteiger partial charge is 0.293 e. The molecule has 26 heavy (non-hydrogen) atoms. The Labute approximate surface area is 153 Å². The van der Waals surface area contributed by atoms with E-state index in [4.69, 9.17) is 0 Å². The van der Waals surface area contributed by atoms with Crippen LogP contribution in [0, 0.1) is 0 Å². The maximum atomic E-state index is 13.2. The minimum Gasteiger partial charge on any atom is -0.293 e. The molecular weight excluding hydrogens is 324 g/mol. The van der Waals surface area contributed by atoms with Crippen molar-refractivity contribution in [1.82, 2.24) is 9.13 Å². The summed E-state index contributed by atoms with van der Waals surface area (Å²) < 4.78 is 3.03. The van der Waals surface area contributed by atoms with Crippen LogP contribution < -0.4 is 11.2 Å². The molecule has 2 aromatic carbocycles. The third kappa shape index (κ3) is 3.85. The Morgan fingerprint density at radius 2 is 1.19 bits per heavy atom. The topological polar surface area (TPSA) is 44.0 Å². The van der Waals surface area contributed by atoms with Crippen LogP contribution in [0.15, 0.2) is 76.3 Å². The number of hydrogen-bond donors (Lipinski definition) is 0. The zero-order valence-corrected chi connectivity index (χ0v) is 15.5. The van der Waals surface area contributed by atoms with Crippen molar-refractivity contribution in [3.63, 3.8) is 0 Å². The molecule has 0 saturated heterocycles. The standard InChI is InChI=1S/C22H24N2O2/c1-22(2,3)19-14-20(25)24(16-18-12-8-5-9-13-18)21(26)23(19)15-17-10-6-4-7-11-17/h4-14H,15-16H2,1-3H3. The van der Waals surface area contributed by atoms with Gasteiger partial charge in [0.15, 0.2) is 0 Å². The van der Waals surface area contributed by atoms with Crippen LogP contribution >= 0.6 is 0 Å². The Morgan fingerprint density at radius 1 is 0.731 bits per heavy atom. The van der Waals surface area contributed by atoms with Gasteiger partial charge in [-0.2, -0.15) is 0 Å². The minimum absolute atomic E-state index is 0.256. The molecule has 1 heterocycles. The molecule has 3 rings (SSSR count). The minimum atomic E-state index is -0.307. The second-order valence-corrected chi connectivity index (χ2v) is 7.54. The number of rotatable bonds is 4. The Morgan fingerprint density at radius 3 is 1.65 bits per heavy atom. The molecule has 0 fully saturated rings. The van der Waals surface area contributed by atoms with Crippen LogP contribution in [0.5, 0.6) is 0 Å². The maximum absolute atomic E-state index is 13.2. The fourth-order valence-corrected chi connectivity index (χ4v) is 3.07. The first-order valence-electron chi connectivity index (χ1n) is 8.79. The van der Waals surface area contributed by atoms with Crippen LogP contribution in [0.2, 0.25) is 0 Å². The van der Waals surface area contributed by atoms with E-state index in [1.807, 2.05) is 81.4 Å². The summed E-state index contributed by atoms with van der Waals surface area (Å²) in [5, 5.41) is 0. The van der Waals surface area contributed by atoms with Gasteiger partial charge in [-0.15, -0.1) is 0 Å². The van der Waals surface area contributed by atoms with Gasteiger partial charge >= 0.3 is 5.69 Å². The SMILES string of the molecule is CC(C)(C)c1cc(=O)n(Cc2ccccc2)c(=O)n1Cc1ccccc1. The van der Waals surface area contributed by atoms with E-state index in [2.05, 4.69) is 0 Å². The average molecular weight is 348 g/mol. The fourth-order valence-electron chi connectivity index (χ4n) is 3.07. The number of benzene rings is 2. The molecular formula is C22H24N2O2. The van der Waals surface area contributed by atoms with Crippen molar-refractivity contribution >= 4 is 0 Å². The van der Waals surface area contributed by atoms with Gasteiger partial charge in [-0.3, -0.25) is 13.9 Å². The highest BCUT2D eigenvalue weighted by molar-refractivity contribution is 5.20. The first-order valence-corrected chi connectivity index (χ1v) is 8.79. The van der Waals surface area contributed by atoms with Gasteiger partial charge in [0.05, 0.1) is 13.1 Å². The first-order chi connectivity index (χ1) is 12.4. The molecule has 0 bridgehead atoms. The highest BCUT2D eigenvalue weighted by atomic mass is 16.2. The van der Waals surface area contributed by atoms with Crippen LogP contribution in [-0.4, -0.2) is 9.13 Å². The molecule has 0 saturated carbocycles. The molecule has 4 heteroatoms. The molecule has 3 aromatic rings. The van der Waals surface area contributed by atoms with Gasteiger partial charge in [-0.25, -0.2) is 4.79 Å². The molecule has 0 N–H and O–H groups in total. The van der Waals surface area contributed by atoms with Crippen LogP contribution in [0.3, 0.4) is 0 Å². The van der Waals surface area contributed by atoms with Crippen LogP contribution in [0.4, 0.5) is 0 Å². The quantitative estimate of drug-likeness (QED) is 0.725. The Kier molecular flexibility index (Phi) is 4.94. The van der Waals surface area contributed by atoms with Crippen molar-refractivity contribution in [3.05, 3.63) is 104 Å². The van der Waals surface area contributed by atoms with Gasteiger partial charge in [0, 0.05) is 17.2 Å². The first kappa shape index (κ1) is 17.9. The van der Waals surface area contributed by atoms with Crippen LogP contribution in [-0.2, 0) is 18.5 Å². The van der Waals surface area contributed by atoms with E-state index in [0.717, 1.165) is 16.8 Å². The lowest BCUT2D eigenvalue weighted by atomic mass is 9.91. The molecule has 0 atom stereocenters. The van der Waals surface area contributed by atoms with Crippen molar-refractivity contribution < 1.29 is 0 Å². The zero-order valence-electron chi connectivity index (χ0n) is 15.5. The van der Waals surface area contributed by atoms with Gasteiger partial charge in [-0.05, 0) is 11.1 Å². The van der Waals surface area contributed by atoms with E-state index < -0.39 is 0 Å². The van der Waals surface area contributed by atoms with Gasteiger partial charge in [0.2, 0.25) is 0 Å². The third-order valence-corrected chi connectivity index (χ3v) is 4.41. The Bertz CT molecular complexity index is 994. The van der Waals surface area contributed by atoms with Gasteiger partial charge in [-0.1, -0.05) is 81.4 Å². The fraction of sp³-hybridized carbons (Fsp3) is 0.273.